The minimum Gasteiger partial charge on any atom is -0.870 e. The molecule has 0 heterocycles. The van der Waals surface area contributed by atoms with Crippen molar-refractivity contribution in [3.63, 3.8) is 0 Å². The Kier molecular flexibility index (Phi) is 15.7. The molecule has 0 spiro atoms. The van der Waals surface area contributed by atoms with Crippen molar-refractivity contribution < 1.29 is 56.9 Å². The first-order valence-corrected chi connectivity index (χ1v) is 6.67. The van der Waals surface area contributed by atoms with Gasteiger partial charge >= 0.3 is 51.4 Å². The zero-order valence-electron chi connectivity index (χ0n) is 5.41. The third kappa shape index (κ3) is 15.8. The summed E-state index contributed by atoms with van der Waals surface area (Å²) in [6.07, 6.45) is 0. The second kappa shape index (κ2) is 7.50. The molecule has 8 heavy (non-hydrogen) atoms. The molecule has 0 aromatic heterocycles. The van der Waals surface area contributed by atoms with Gasteiger partial charge in [-0.1, -0.05) is 6.92 Å². The van der Waals surface area contributed by atoms with Gasteiger partial charge in [-0.25, -0.2) is 0 Å². The van der Waals surface area contributed by atoms with Crippen molar-refractivity contribution in [2.75, 3.05) is 0 Å². The van der Waals surface area contributed by atoms with Crippen LogP contribution in [-0.4, -0.2) is 12.2 Å². The molecule has 0 aromatic carbocycles. The second-order valence-corrected chi connectivity index (χ2v) is 9.86. The Morgan fingerprint density at radius 3 is 1.50 bits per heavy atom. The van der Waals surface area contributed by atoms with E-state index in [1.54, 1.807) is 0 Å². The van der Waals surface area contributed by atoms with Crippen LogP contribution in [0.5, 0.6) is 0 Å². The van der Waals surface area contributed by atoms with Crippen LogP contribution in [0.4, 0.5) is 0 Å². The fraction of sp³-hybridized carbons (Fsp3) is 1.00. The minimum atomic E-state index is -1.69. The van der Waals surface area contributed by atoms with E-state index >= 15 is 0 Å². The van der Waals surface area contributed by atoms with Gasteiger partial charge in [0, 0.05) is 0 Å². The van der Waals surface area contributed by atoms with Crippen molar-refractivity contribution in [3.8, 4) is 0 Å². The van der Waals surface area contributed by atoms with Crippen LogP contribution >= 0.6 is 22.2 Å². The molecule has 0 fully saturated rings. The average Bonchev–Trinajstić information content (AvgIpc) is 1.35. The van der Waals surface area contributed by atoms with Gasteiger partial charge in [-0.3, -0.25) is 0 Å². The summed E-state index contributed by atoms with van der Waals surface area (Å²) >= 11 is 11.2. The molecule has 1 nitrogen and oxygen atoms in total. The molecule has 0 bridgehead atoms. The quantitative estimate of drug-likeness (QED) is 0.409. The van der Waals surface area contributed by atoms with Crippen molar-refractivity contribution in [2.24, 2.45) is 0 Å². The summed E-state index contributed by atoms with van der Waals surface area (Å²) in [6, 6.07) is 0.941. The van der Waals surface area contributed by atoms with E-state index in [4.69, 9.17) is 22.2 Å². The number of rotatable bonds is 1. The maximum atomic E-state index is 5.62. The maximum absolute atomic E-state index is 5.62. The minimum absolute atomic E-state index is 0. The van der Waals surface area contributed by atoms with Gasteiger partial charge in [0.05, 0.1) is 0 Å². The van der Waals surface area contributed by atoms with Gasteiger partial charge in [0.15, 0.2) is 0 Å². The summed E-state index contributed by atoms with van der Waals surface area (Å²) in [5.74, 6) is 0. The molecular weight excluding hydrogens is 190 g/mol. The van der Waals surface area contributed by atoms with Crippen LogP contribution in [0.25, 0.3) is 0 Å². The summed E-state index contributed by atoms with van der Waals surface area (Å²) in [4.78, 5) is 0. The van der Waals surface area contributed by atoms with Crippen molar-refractivity contribution in [1.82, 2.24) is 0 Å². The maximum Gasteiger partial charge on any atom is 1.00 e. The average molecular weight is 199 g/mol. The van der Waals surface area contributed by atoms with Gasteiger partial charge in [0.2, 0.25) is 6.69 Å². The van der Waals surface area contributed by atoms with Gasteiger partial charge in [-0.05, 0) is 12.6 Å². The second-order valence-electron chi connectivity index (χ2n) is 1.42. The van der Waals surface area contributed by atoms with Crippen LogP contribution < -0.4 is 51.4 Å². The molecule has 0 rings (SSSR count). The van der Waals surface area contributed by atoms with Crippen LogP contribution in [0.15, 0.2) is 0 Å². The Balaban J connectivity index is -0.000000125. The number of halogens is 2. The summed E-state index contributed by atoms with van der Waals surface area (Å²) in [5.41, 5.74) is 0. The predicted octanol–water partition coefficient (Wildman–Crippen LogP) is -0.617. The fourth-order valence-corrected chi connectivity index (χ4v) is 0. The van der Waals surface area contributed by atoms with Crippen LogP contribution in [0, 0.1) is 0 Å². The van der Waals surface area contributed by atoms with Crippen LogP contribution in [0.3, 0.4) is 0 Å². The van der Waals surface area contributed by atoms with Gasteiger partial charge in [0.1, 0.15) is 0 Å². The molecule has 0 aliphatic carbocycles. The van der Waals surface area contributed by atoms with Gasteiger partial charge < -0.3 is 5.48 Å². The third-order valence-corrected chi connectivity index (χ3v) is 3.47. The first-order valence-electron chi connectivity index (χ1n) is 1.94. The molecule has 0 aliphatic rings. The van der Waals surface area contributed by atoms with Crippen molar-refractivity contribution in [2.45, 2.75) is 19.5 Å². The first kappa shape index (κ1) is 16.8. The van der Waals surface area contributed by atoms with Crippen LogP contribution in [0.1, 0.15) is 6.92 Å². The van der Waals surface area contributed by atoms with Crippen molar-refractivity contribution in [3.05, 3.63) is 0 Å². The standard InChI is InChI=1S/C3H8Cl2Si.K.H2O/c1-3-6(2,4)5;;/h3H2,1-2H3;;1H2/q;+1;/p-1. The molecule has 1 N–H and O–H groups in total. The summed E-state index contributed by atoms with van der Waals surface area (Å²) < 4.78 is 0. The third-order valence-electron chi connectivity index (χ3n) is 0.621. The summed E-state index contributed by atoms with van der Waals surface area (Å²) in [7, 11) is 0. The molecule has 0 unspecified atom stereocenters. The van der Waals surface area contributed by atoms with E-state index in [9.17, 15) is 0 Å². The smallest absolute Gasteiger partial charge is 0.870 e. The van der Waals surface area contributed by atoms with Crippen LogP contribution in [0.2, 0.25) is 12.6 Å². The monoisotopic (exact) mass is 198 g/mol. The van der Waals surface area contributed by atoms with E-state index in [2.05, 4.69) is 0 Å². The SMILES string of the molecule is CC[Si](C)(Cl)Cl.[K+].[OH-]. The van der Waals surface area contributed by atoms with E-state index < -0.39 is 6.69 Å². The molecule has 0 aromatic rings. The van der Waals surface area contributed by atoms with Gasteiger partial charge in [-0.15, -0.1) is 22.2 Å². The molecule has 0 amide bonds. The van der Waals surface area contributed by atoms with Crippen molar-refractivity contribution >= 4 is 28.9 Å². The van der Waals surface area contributed by atoms with Gasteiger partial charge in [-0.2, -0.15) is 0 Å². The topological polar surface area (TPSA) is 30.0 Å². The summed E-state index contributed by atoms with van der Waals surface area (Å²) in [6.45, 7) is 2.23. The molecule has 0 atom stereocenters. The predicted molar refractivity (Wildman–Crippen MR) is 35.7 cm³/mol. The molecular formula is C3H9Cl2KOSi. The zero-order valence-corrected chi connectivity index (χ0v) is 11.0. The van der Waals surface area contributed by atoms with E-state index in [0.29, 0.717) is 0 Å². The first-order chi connectivity index (χ1) is 2.56. The fourth-order valence-electron chi connectivity index (χ4n) is 0. The number of hydrogen-bond donors (Lipinski definition) is 0. The normalized spacial score (nSPS) is 9.00. The molecule has 0 aliphatic heterocycles. The Labute approximate surface area is 103 Å². The molecule has 46 valence electrons. The van der Waals surface area contributed by atoms with E-state index in [1.807, 2.05) is 13.5 Å². The van der Waals surface area contributed by atoms with E-state index in [-0.39, 0.29) is 56.9 Å². The summed E-state index contributed by atoms with van der Waals surface area (Å²) in [5, 5.41) is 0. The number of hydrogen-bond acceptors (Lipinski definition) is 1. The largest absolute Gasteiger partial charge is 1.00 e. The Morgan fingerprint density at radius 1 is 1.38 bits per heavy atom. The van der Waals surface area contributed by atoms with Crippen LogP contribution in [-0.2, 0) is 0 Å². The molecule has 0 radical (unpaired) electrons. The van der Waals surface area contributed by atoms with E-state index in [1.165, 1.54) is 0 Å². The Morgan fingerprint density at radius 2 is 1.50 bits per heavy atom. The Bertz CT molecular complexity index is 47.0. The van der Waals surface area contributed by atoms with Gasteiger partial charge in [0.25, 0.3) is 0 Å². The Hall–Kier alpha value is 2.39. The zero-order chi connectivity index (χ0) is 5.21. The molecule has 0 saturated heterocycles. The van der Waals surface area contributed by atoms with Crippen molar-refractivity contribution in [1.29, 1.82) is 0 Å². The van der Waals surface area contributed by atoms with E-state index in [0.717, 1.165) is 6.04 Å². The molecule has 0 saturated carbocycles. The molecule has 5 heteroatoms.